The van der Waals surface area contributed by atoms with Crippen molar-refractivity contribution in [2.75, 3.05) is 17.2 Å². The number of amides is 2. The summed E-state index contributed by atoms with van der Waals surface area (Å²) in [6.07, 6.45) is 0. The van der Waals surface area contributed by atoms with Gasteiger partial charge in [0.25, 0.3) is 0 Å². The van der Waals surface area contributed by atoms with E-state index in [1.165, 1.54) is 36.4 Å². The Balaban J connectivity index is 1.98. The van der Waals surface area contributed by atoms with Gasteiger partial charge < -0.3 is 15.4 Å². The molecular weight excluding hydrogens is 347 g/mol. The maximum atomic E-state index is 12.8. The summed E-state index contributed by atoms with van der Waals surface area (Å²) in [5.41, 5.74) is 1.08. The Morgan fingerprint density at radius 3 is 2.28 bits per heavy atom. The second-order valence-corrected chi connectivity index (χ2v) is 6.18. The van der Waals surface area contributed by atoms with Gasteiger partial charge in [0.1, 0.15) is 5.82 Å². The number of urea groups is 1. The van der Waals surface area contributed by atoms with Crippen LogP contribution in [-0.2, 0) is 4.74 Å². The summed E-state index contributed by atoms with van der Waals surface area (Å²) in [7, 11) is 0. The van der Waals surface area contributed by atoms with Crippen molar-refractivity contribution in [3.05, 3.63) is 58.9 Å². The van der Waals surface area contributed by atoms with Crippen LogP contribution in [0.25, 0.3) is 0 Å². The van der Waals surface area contributed by atoms with Crippen LogP contribution in [0.1, 0.15) is 24.2 Å². The van der Waals surface area contributed by atoms with E-state index in [9.17, 15) is 14.0 Å². The first-order chi connectivity index (χ1) is 11.8. The SMILES string of the molecule is CC(C)COC(=O)c1ccc(NC(=O)Nc2ccc(F)cc2)cc1Cl. The van der Waals surface area contributed by atoms with Crippen molar-refractivity contribution in [2.24, 2.45) is 5.92 Å². The molecule has 0 heterocycles. The van der Waals surface area contributed by atoms with Gasteiger partial charge in [-0.05, 0) is 48.4 Å². The lowest BCUT2D eigenvalue weighted by molar-refractivity contribution is 0.0459. The Bertz CT molecular complexity index is 763. The molecule has 2 amide bonds. The first-order valence-electron chi connectivity index (χ1n) is 7.65. The van der Waals surface area contributed by atoms with Crippen LogP contribution in [0.2, 0.25) is 5.02 Å². The summed E-state index contributed by atoms with van der Waals surface area (Å²) in [4.78, 5) is 23.9. The van der Waals surface area contributed by atoms with E-state index in [4.69, 9.17) is 16.3 Å². The molecule has 0 aliphatic carbocycles. The van der Waals surface area contributed by atoms with E-state index in [0.717, 1.165) is 0 Å². The summed E-state index contributed by atoms with van der Waals surface area (Å²) in [5.74, 6) is -0.683. The molecule has 7 heteroatoms. The Kier molecular flexibility index (Phi) is 6.36. The van der Waals surface area contributed by atoms with Gasteiger partial charge in [-0.3, -0.25) is 0 Å². The Morgan fingerprint density at radius 2 is 1.68 bits per heavy atom. The number of carbonyl (C=O) groups is 2. The molecule has 0 radical (unpaired) electrons. The van der Waals surface area contributed by atoms with Crippen molar-refractivity contribution in [3.8, 4) is 0 Å². The third-order valence-corrected chi connectivity index (χ3v) is 3.41. The lowest BCUT2D eigenvalue weighted by atomic mass is 10.2. The number of hydrogen-bond donors (Lipinski definition) is 2. The van der Waals surface area contributed by atoms with E-state index in [-0.39, 0.29) is 16.5 Å². The fourth-order valence-corrected chi connectivity index (χ4v) is 2.16. The van der Waals surface area contributed by atoms with Gasteiger partial charge in [-0.25, -0.2) is 14.0 Å². The number of ether oxygens (including phenoxy) is 1. The minimum absolute atomic E-state index is 0.174. The number of anilines is 2. The van der Waals surface area contributed by atoms with E-state index in [2.05, 4.69) is 10.6 Å². The fraction of sp³-hybridized carbons (Fsp3) is 0.222. The quantitative estimate of drug-likeness (QED) is 0.739. The smallest absolute Gasteiger partial charge is 0.339 e. The first-order valence-corrected chi connectivity index (χ1v) is 8.03. The molecule has 132 valence electrons. The zero-order valence-electron chi connectivity index (χ0n) is 13.8. The second kappa shape index (κ2) is 8.48. The van der Waals surface area contributed by atoms with E-state index in [1.54, 1.807) is 6.07 Å². The topological polar surface area (TPSA) is 67.4 Å². The Hall–Kier alpha value is -2.60. The summed E-state index contributed by atoms with van der Waals surface area (Å²) in [6, 6.07) is 9.33. The summed E-state index contributed by atoms with van der Waals surface area (Å²) < 4.78 is 18.0. The van der Waals surface area contributed by atoms with Gasteiger partial charge in [0.05, 0.1) is 17.2 Å². The highest BCUT2D eigenvalue weighted by molar-refractivity contribution is 6.34. The molecule has 0 bridgehead atoms. The first kappa shape index (κ1) is 18.7. The predicted molar refractivity (Wildman–Crippen MR) is 95.6 cm³/mol. The van der Waals surface area contributed by atoms with E-state index in [1.807, 2.05) is 13.8 Å². The average Bonchev–Trinajstić information content (AvgIpc) is 2.55. The standard InChI is InChI=1S/C18H18ClFN2O3/c1-11(2)10-25-17(23)15-8-7-14(9-16(15)19)22-18(24)21-13-5-3-12(20)4-6-13/h3-9,11H,10H2,1-2H3,(H2,21,22,24). The van der Waals surface area contributed by atoms with E-state index < -0.39 is 17.8 Å². The molecule has 0 saturated heterocycles. The molecule has 2 rings (SSSR count). The molecule has 25 heavy (non-hydrogen) atoms. The van der Waals surface area contributed by atoms with Crippen LogP contribution in [-0.4, -0.2) is 18.6 Å². The molecule has 5 nitrogen and oxygen atoms in total. The zero-order valence-corrected chi connectivity index (χ0v) is 14.6. The zero-order chi connectivity index (χ0) is 18.4. The predicted octanol–water partition coefficient (Wildman–Crippen LogP) is 4.94. The van der Waals surface area contributed by atoms with Gasteiger partial charge in [0.2, 0.25) is 0 Å². The van der Waals surface area contributed by atoms with Crippen LogP contribution >= 0.6 is 11.6 Å². The van der Waals surface area contributed by atoms with Crippen LogP contribution in [0.15, 0.2) is 42.5 Å². The molecule has 0 aliphatic rings. The van der Waals surface area contributed by atoms with Crippen LogP contribution < -0.4 is 10.6 Å². The van der Waals surface area contributed by atoms with Gasteiger partial charge in [0, 0.05) is 11.4 Å². The number of halogens is 2. The van der Waals surface area contributed by atoms with Crippen molar-refractivity contribution in [1.29, 1.82) is 0 Å². The molecule has 0 aliphatic heterocycles. The van der Waals surface area contributed by atoms with Gasteiger partial charge in [-0.2, -0.15) is 0 Å². The summed E-state index contributed by atoms with van der Waals surface area (Å²) in [6.45, 7) is 4.17. The third kappa shape index (κ3) is 5.76. The average molecular weight is 365 g/mol. The van der Waals surface area contributed by atoms with Crippen molar-refractivity contribution in [3.63, 3.8) is 0 Å². The molecule has 0 saturated carbocycles. The van der Waals surface area contributed by atoms with Crippen LogP contribution in [0.4, 0.5) is 20.6 Å². The van der Waals surface area contributed by atoms with Crippen molar-refractivity contribution in [2.45, 2.75) is 13.8 Å². The van der Waals surface area contributed by atoms with Crippen molar-refractivity contribution in [1.82, 2.24) is 0 Å². The minimum Gasteiger partial charge on any atom is -0.462 e. The molecule has 0 spiro atoms. The number of nitrogens with one attached hydrogen (secondary N) is 2. The summed E-state index contributed by atoms with van der Waals surface area (Å²) in [5, 5.41) is 5.31. The highest BCUT2D eigenvalue weighted by atomic mass is 35.5. The highest BCUT2D eigenvalue weighted by Crippen LogP contribution is 2.22. The number of benzene rings is 2. The van der Waals surface area contributed by atoms with E-state index in [0.29, 0.717) is 18.0 Å². The number of carbonyl (C=O) groups excluding carboxylic acids is 2. The number of esters is 1. The summed E-state index contributed by atoms with van der Waals surface area (Å²) >= 11 is 6.09. The van der Waals surface area contributed by atoms with Gasteiger partial charge >= 0.3 is 12.0 Å². The molecule has 0 aromatic heterocycles. The van der Waals surface area contributed by atoms with Crippen LogP contribution in [0, 0.1) is 11.7 Å². The molecule has 2 aromatic rings. The number of rotatable bonds is 5. The Morgan fingerprint density at radius 1 is 1.08 bits per heavy atom. The normalized spacial score (nSPS) is 10.4. The van der Waals surface area contributed by atoms with Gasteiger partial charge in [-0.15, -0.1) is 0 Å². The second-order valence-electron chi connectivity index (χ2n) is 5.77. The fourth-order valence-electron chi connectivity index (χ4n) is 1.91. The van der Waals surface area contributed by atoms with Crippen molar-refractivity contribution >= 4 is 35.0 Å². The molecule has 2 aromatic carbocycles. The van der Waals surface area contributed by atoms with E-state index >= 15 is 0 Å². The molecule has 0 unspecified atom stereocenters. The van der Waals surface area contributed by atoms with Crippen LogP contribution in [0.3, 0.4) is 0 Å². The molecule has 0 atom stereocenters. The van der Waals surface area contributed by atoms with Crippen LogP contribution in [0.5, 0.6) is 0 Å². The van der Waals surface area contributed by atoms with Gasteiger partial charge in [0.15, 0.2) is 0 Å². The lowest BCUT2D eigenvalue weighted by Gasteiger charge is -2.11. The minimum atomic E-state index is -0.516. The highest BCUT2D eigenvalue weighted by Gasteiger charge is 2.14. The largest absolute Gasteiger partial charge is 0.462 e. The number of hydrogen-bond acceptors (Lipinski definition) is 3. The molecule has 0 fully saturated rings. The maximum Gasteiger partial charge on any atom is 0.339 e. The van der Waals surface area contributed by atoms with Crippen molar-refractivity contribution < 1.29 is 18.7 Å². The van der Waals surface area contributed by atoms with Gasteiger partial charge in [-0.1, -0.05) is 25.4 Å². The Labute approximate surface area is 150 Å². The monoisotopic (exact) mass is 364 g/mol. The third-order valence-electron chi connectivity index (χ3n) is 3.10. The lowest BCUT2D eigenvalue weighted by Crippen LogP contribution is -2.19. The molecule has 2 N–H and O–H groups in total. The molecular formula is C18H18ClFN2O3. The maximum absolute atomic E-state index is 12.8.